The summed E-state index contributed by atoms with van der Waals surface area (Å²) in [6.07, 6.45) is 22.9. The molecule has 2 aromatic carbocycles. The molecule has 8 heteroatoms. The molecule has 0 heterocycles. The Morgan fingerprint density at radius 1 is 0.717 bits per heavy atom. The van der Waals surface area contributed by atoms with Gasteiger partial charge >= 0.3 is 6.03 Å². The maximum Gasteiger partial charge on any atom is 0.317 e. The molecule has 0 spiro atoms. The van der Waals surface area contributed by atoms with Gasteiger partial charge in [0.15, 0.2) is 0 Å². The summed E-state index contributed by atoms with van der Waals surface area (Å²) in [5, 5.41) is 5.61. The number of methoxy groups -OCH3 is 3. The zero-order valence-corrected chi connectivity index (χ0v) is 28.9. The van der Waals surface area contributed by atoms with Crippen molar-refractivity contribution < 1.29 is 23.8 Å². The van der Waals surface area contributed by atoms with Gasteiger partial charge in [-0.2, -0.15) is 0 Å². The number of nitrogens with zero attached hydrogens (tertiary/aromatic N) is 1. The highest BCUT2D eigenvalue weighted by molar-refractivity contribution is 5.97. The fourth-order valence-electron chi connectivity index (χ4n) is 5.35. The lowest BCUT2D eigenvalue weighted by Gasteiger charge is -2.23. The molecule has 3 amide bonds. The molecule has 2 aromatic rings. The molecule has 0 radical (unpaired) electrons. The van der Waals surface area contributed by atoms with Crippen LogP contribution in [0.2, 0.25) is 0 Å². The van der Waals surface area contributed by atoms with Crippen LogP contribution in [0, 0.1) is 0 Å². The molecule has 0 atom stereocenters. The van der Waals surface area contributed by atoms with Gasteiger partial charge in [-0.25, -0.2) is 4.79 Å². The zero-order chi connectivity index (χ0) is 33.2. The van der Waals surface area contributed by atoms with Gasteiger partial charge in [0, 0.05) is 25.2 Å². The first-order valence-electron chi connectivity index (χ1n) is 17.3. The molecule has 2 rings (SSSR count). The number of urea groups is 1. The molecule has 0 aliphatic carbocycles. The minimum Gasteiger partial charge on any atom is -0.496 e. The predicted molar refractivity (Wildman–Crippen MR) is 189 cm³/mol. The van der Waals surface area contributed by atoms with Gasteiger partial charge in [0.2, 0.25) is 5.91 Å². The lowest BCUT2D eigenvalue weighted by molar-refractivity contribution is -0.115. The number of benzene rings is 2. The van der Waals surface area contributed by atoms with Crippen molar-refractivity contribution in [3.05, 3.63) is 60.2 Å². The third kappa shape index (κ3) is 16.1. The second-order valence-electron chi connectivity index (χ2n) is 11.8. The highest BCUT2D eigenvalue weighted by atomic mass is 16.5. The van der Waals surface area contributed by atoms with Crippen molar-refractivity contribution >= 4 is 17.6 Å². The number of carbonyl (C=O) groups excluding carboxylic acids is 2. The molecule has 46 heavy (non-hydrogen) atoms. The van der Waals surface area contributed by atoms with Crippen LogP contribution in [-0.2, 0) is 11.2 Å². The lowest BCUT2D eigenvalue weighted by atomic mass is 10.1. The highest BCUT2D eigenvalue weighted by Crippen LogP contribution is 2.38. The number of hydrogen-bond donors (Lipinski definition) is 2. The summed E-state index contributed by atoms with van der Waals surface area (Å²) in [6.45, 7) is 3.33. The van der Waals surface area contributed by atoms with Gasteiger partial charge in [-0.05, 0) is 44.1 Å². The van der Waals surface area contributed by atoms with E-state index in [-0.39, 0.29) is 18.5 Å². The minimum absolute atomic E-state index is 0.174. The van der Waals surface area contributed by atoms with Crippen molar-refractivity contribution in [2.45, 2.75) is 103 Å². The molecule has 0 saturated carbocycles. The quantitative estimate of drug-likeness (QED) is 0.0838. The van der Waals surface area contributed by atoms with Crippen LogP contribution in [0.4, 0.5) is 10.5 Å². The Bertz CT molecular complexity index is 1110. The van der Waals surface area contributed by atoms with E-state index < -0.39 is 0 Å². The van der Waals surface area contributed by atoms with Crippen LogP contribution in [0.1, 0.15) is 102 Å². The van der Waals surface area contributed by atoms with Gasteiger partial charge in [-0.3, -0.25) is 4.79 Å². The molecule has 0 fully saturated rings. The molecule has 8 nitrogen and oxygen atoms in total. The largest absolute Gasteiger partial charge is 0.496 e. The van der Waals surface area contributed by atoms with Crippen LogP contribution in [0.3, 0.4) is 0 Å². The first kappa shape index (κ1) is 38.5. The topological polar surface area (TPSA) is 89.1 Å². The van der Waals surface area contributed by atoms with E-state index in [1.807, 2.05) is 23.1 Å². The number of allylic oxidation sites excluding steroid dienone is 2. The van der Waals surface area contributed by atoms with Crippen molar-refractivity contribution in [1.29, 1.82) is 0 Å². The van der Waals surface area contributed by atoms with Gasteiger partial charge in [0.1, 0.15) is 22.9 Å². The van der Waals surface area contributed by atoms with Gasteiger partial charge < -0.3 is 29.7 Å². The number of rotatable bonds is 25. The van der Waals surface area contributed by atoms with E-state index in [0.717, 1.165) is 19.3 Å². The van der Waals surface area contributed by atoms with Crippen molar-refractivity contribution in [3.8, 4) is 17.2 Å². The number of unbranched alkanes of at least 4 members (excludes halogenated alkanes) is 12. The number of anilines is 1. The summed E-state index contributed by atoms with van der Waals surface area (Å²) in [5.41, 5.74) is 1.56. The number of ether oxygens (including phenoxy) is 3. The molecule has 0 unspecified atom stereocenters. The normalized spacial score (nSPS) is 11.0. The van der Waals surface area contributed by atoms with E-state index in [1.54, 1.807) is 19.2 Å². The number of carbonyl (C=O) groups is 2. The van der Waals surface area contributed by atoms with Gasteiger partial charge in [0.05, 0.1) is 27.9 Å². The van der Waals surface area contributed by atoms with Crippen LogP contribution in [0.25, 0.3) is 0 Å². The summed E-state index contributed by atoms with van der Waals surface area (Å²) in [7, 11) is 4.56. The zero-order valence-electron chi connectivity index (χ0n) is 28.9. The molecule has 256 valence electrons. The standard InChI is InChI=1S/C38H59N3O5/c1-5-6-7-8-9-10-11-12-13-14-15-16-17-18-19-23-27-41(28-26-32-24-21-20-22-25-32)38(43)39-31-36(42)40-37-34(45-3)29-33(44-2)30-35(37)46-4/h12-13,20-22,24-25,29-30H,5-11,14-19,23,26-28,31H2,1-4H3,(H,39,43)(H,40,42)/b13-12-. The number of amides is 3. The molecule has 0 aliphatic rings. The summed E-state index contributed by atoms with van der Waals surface area (Å²) in [6, 6.07) is 13.2. The van der Waals surface area contributed by atoms with E-state index in [0.29, 0.717) is 36.0 Å². The number of nitrogens with one attached hydrogen (secondary N) is 2. The van der Waals surface area contributed by atoms with E-state index in [9.17, 15) is 9.59 Å². The molecule has 0 aromatic heterocycles. The van der Waals surface area contributed by atoms with Gasteiger partial charge in [-0.15, -0.1) is 0 Å². The maximum atomic E-state index is 13.2. The predicted octanol–water partition coefficient (Wildman–Crippen LogP) is 8.94. The van der Waals surface area contributed by atoms with E-state index in [2.05, 4.69) is 41.8 Å². The van der Waals surface area contributed by atoms with Crippen LogP contribution in [0.5, 0.6) is 17.2 Å². The van der Waals surface area contributed by atoms with Crippen molar-refractivity contribution in [2.24, 2.45) is 0 Å². The second kappa shape index (κ2) is 24.5. The van der Waals surface area contributed by atoms with Crippen molar-refractivity contribution in [2.75, 3.05) is 46.3 Å². The van der Waals surface area contributed by atoms with E-state index in [1.165, 1.54) is 96.8 Å². The van der Waals surface area contributed by atoms with Gasteiger partial charge in [-0.1, -0.05) is 107 Å². The van der Waals surface area contributed by atoms with Crippen molar-refractivity contribution in [3.63, 3.8) is 0 Å². The monoisotopic (exact) mass is 637 g/mol. The van der Waals surface area contributed by atoms with Crippen LogP contribution in [0.15, 0.2) is 54.6 Å². The molecule has 0 saturated heterocycles. The SMILES string of the molecule is CCCCCCCC/C=C\CCCCCCCCN(CCc1ccccc1)C(=O)NCC(=O)Nc1c(OC)cc(OC)cc1OC. The van der Waals surface area contributed by atoms with Crippen LogP contribution in [-0.4, -0.2) is 57.8 Å². The van der Waals surface area contributed by atoms with Crippen LogP contribution >= 0.6 is 0 Å². The molecule has 2 N–H and O–H groups in total. The smallest absolute Gasteiger partial charge is 0.317 e. The number of hydrogen-bond acceptors (Lipinski definition) is 5. The van der Waals surface area contributed by atoms with E-state index in [4.69, 9.17) is 14.2 Å². The second-order valence-corrected chi connectivity index (χ2v) is 11.8. The average Bonchev–Trinajstić information content (AvgIpc) is 3.08. The minimum atomic E-state index is -0.379. The Balaban J connectivity index is 1.74. The first-order chi connectivity index (χ1) is 22.5. The third-order valence-corrected chi connectivity index (χ3v) is 8.12. The average molecular weight is 638 g/mol. The van der Waals surface area contributed by atoms with Gasteiger partial charge in [0.25, 0.3) is 0 Å². The highest BCUT2D eigenvalue weighted by Gasteiger charge is 2.18. The lowest BCUT2D eigenvalue weighted by Crippen LogP contribution is -2.44. The molecular weight excluding hydrogens is 578 g/mol. The summed E-state index contributed by atoms with van der Waals surface area (Å²) in [4.78, 5) is 27.9. The Kier molecular flexibility index (Phi) is 20.5. The molecular formula is C38H59N3O5. The van der Waals surface area contributed by atoms with E-state index >= 15 is 0 Å². The fraction of sp³-hybridized carbons (Fsp3) is 0.579. The van der Waals surface area contributed by atoms with Crippen LogP contribution < -0.4 is 24.8 Å². The molecule has 0 bridgehead atoms. The Hall–Kier alpha value is -3.68. The fourth-order valence-corrected chi connectivity index (χ4v) is 5.35. The Morgan fingerprint density at radius 2 is 1.28 bits per heavy atom. The third-order valence-electron chi connectivity index (χ3n) is 8.12. The first-order valence-corrected chi connectivity index (χ1v) is 17.3. The summed E-state index contributed by atoms with van der Waals surface area (Å²) in [5.74, 6) is 0.969. The maximum absolute atomic E-state index is 13.2. The summed E-state index contributed by atoms with van der Waals surface area (Å²) < 4.78 is 16.1. The summed E-state index contributed by atoms with van der Waals surface area (Å²) >= 11 is 0. The molecule has 0 aliphatic heterocycles. The Labute approximate surface area is 278 Å². The van der Waals surface area contributed by atoms with Crippen molar-refractivity contribution in [1.82, 2.24) is 10.2 Å². The Morgan fingerprint density at radius 3 is 1.85 bits per heavy atom.